The summed E-state index contributed by atoms with van der Waals surface area (Å²) < 4.78 is 0. The van der Waals surface area contributed by atoms with Gasteiger partial charge >= 0.3 is 0 Å². The van der Waals surface area contributed by atoms with Gasteiger partial charge < -0.3 is 0 Å². The number of isocyanates is 3. The molecule has 0 amide bonds. The van der Waals surface area contributed by atoms with Crippen molar-refractivity contribution in [1.29, 1.82) is 0 Å². The van der Waals surface area contributed by atoms with Crippen molar-refractivity contribution in [3.63, 3.8) is 0 Å². The molecule has 0 heterocycles. The van der Waals surface area contributed by atoms with E-state index in [0.29, 0.717) is 24.9 Å². The van der Waals surface area contributed by atoms with Gasteiger partial charge in [0.15, 0.2) is 0 Å². The number of hydrogen-bond acceptors (Lipinski definition) is 6. The smallest absolute Gasteiger partial charge is 0.211 e. The number of fused-ring (bicyclic) bond motifs is 2. The Morgan fingerprint density at radius 2 is 1.73 bits per heavy atom. The zero-order valence-electron chi connectivity index (χ0n) is 12.9. The zero-order valence-corrected chi connectivity index (χ0v) is 12.9. The highest BCUT2D eigenvalue weighted by molar-refractivity contribution is 5.37. The van der Waals surface area contributed by atoms with Crippen LogP contribution in [-0.2, 0) is 14.4 Å². The van der Waals surface area contributed by atoms with E-state index in [1.165, 1.54) is 0 Å². The molecule has 0 N–H and O–H groups in total. The summed E-state index contributed by atoms with van der Waals surface area (Å²) in [6, 6.07) is 0. The van der Waals surface area contributed by atoms with E-state index in [-0.39, 0.29) is 11.0 Å². The van der Waals surface area contributed by atoms with E-state index in [2.05, 4.69) is 21.9 Å². The minimum Gasteiger partial charge on any atom is -0.211 e. The highest BCUT2D eigenvalue weighted by Gasteiger charge is 2.61. The van der Waals surface area contributed by atoms with E-state index >= 15 is 0 Å². The Labute approximate surface area is 129 Å². The van der Waals surface area contributed by atoms with Gasteiger partial charge in [-0.05, 0) is 55.8 Å². The molecule has 0 aromatic rings. The maximum Gasteiger partial charge on any atom is 0.235 e. The van der Waals surface area contributed by atoms with Crippen molar-refractivity contribution in [2.45, 2.75) is 51.0 Å². The van der Waals surface area contributed by atoms with Crippen LogP contribution in [-0.4, -0.2) is 36.9 Å². The van der Waals surface area contributed by atoms with E-state index in [1.54, 1.807) is 18.2 Å². The number of aliphatic imine (C=N–C) groups is 3. The molecule has 2 aliphatic rings. The van der Waals surface area contributed by atoms with Gasteiger partial charge in [-0.25, -0.2) is 24.4 Å². The Morgan fingerprint density at radius 1 is 1.00 bits per heavy atom. The average molecular weight is 303 g/mol. The first-order valence-electron chi connectivity index (χ1n) is 7.77. The Morgan fingerprint density at radius 3 is 2.32 bits per heavy atom. The first kappa shape index (κ1) is 16.5. The molecule has 4 atom stereocenters. The molecule has 4 unspecified atom stereocenters. The molecule has 6 heteroatoms. The lowest BCUT2D eigenvalue weighted by atomic mass is 9.65. The van der Waals surface area contributed by atoms with E-state index < -0.39 is 0 Å². The van der Waals surface area contributed by atoms with Gasteiger partial charge in [-0.15, -0.1) is 0 Å². The molecule has 2 bridgehead atoms. The molecule has 0 aliphatic heterocycles. The number of nitrogens with zero attached hydrogens (tertiary/aromatic N) is 3. The van der Waals surface area contributed by atoms with Crippen LogP contribution in [0.5, 0.6) is 0 Å². The van der Waals surface area contributed by atoms with E-state index in [4.69, 9.17) is 0 Å². The summed E-state index contributed by atoms with van der Waals surface area (Å²) in [4.78, 5) is 42.7. The fraction of sp³-hybridized carbons (Fsp3) is 0.812. The molecule has 2 saturated carbocycles. The summed E-state index contributed by atoms with van der Waals surface area (Å²) in [6.45, 7) is 3.15. The monoisotopic (exact) mass is 303 g/mol. The summed E-state index contributed by atoms with van der Waals surface area (Å²) in [7, 11) is 0. The molecule has 2 rings (SSSR count). The van der Waals surface area contributed by atoms with Gasteiger partial charge in [-0.3, -0.25) is 0 Å². The Kier molecular flexibility index (Phi) is 5.20. The Balaban J connectivity index is 2.07. The van der Waals surface area contributed by atoms with E-state index in [9.17, 15) is 14.4 Å². The normalized spacial score (nSPS) is 35.3. The summed E-state index contributed by atoms with van der Waals surface area (Å²) in [5.41, 5.74) is -0.391. The molecule has 0 spiro atoms. The van der Waals surface area contributed by atoms with Crippen molar-refractivity contribution >= 4 is 18.2 Å². The highest BCUT2D eigenvalue weighted by Crippen LogP contribution is 2.65. The van der Waals surface area contributed by atoms with Crippen molar-refractivity contribution < 1.29 is 14.4 Å². The predicted molar refractivity (Wildman–Crippen MR) is 79.6 cm³/mol. The first-order chi connectivity index (χ1) is 10.6. The summed E-state index contributed by atoms with van der Waals surface area (Å²) in [5, 5.41) is 0. The van der Waals surface area contributed by atoms with Crippen molar-refractivity contribution in [3.05, 3.63) is 0 Å². The summed E-state index contributed by atoms with van der Waals surface area (Å²) in [5.74, 6) is 1.04. The molecule has 0 aromatic carbocycles. The van der Waals surface area contributed by atoms with Gasteiger partial charge in [0.2, 0.25) is 18.2 Å². The van der Waals surface area contributed by atoms with Crippen LogP contribution in [0, 0.1) is 17.3 Å². The van der Waals surface area contributed by atoms with Crippen LogP contribution in [0.15, 0.2) is 15.0 Å². The first-order valence-corrected chi connectivity index (χ1v) is 7.77. The van der Waals surface area contributed by atoms with Crippen LogP contribution in [0.1, 0.15) is 45.4 Å². The minimum atomic E-state index is -0.373. The number of hydrogen-bond donors (Lipinski definition) is 0. The molecule has 6 nitrogen and oxygen atoms in total. The van der Waals surface area contributed by atoms with E-state index in [0.717, 1.165) is 38.5 Å². The topological polar surface area (TPSA) is 88.3 Å². The molecular formula is C16H21N3O3. The zero-order chi connectivity index (χ0) is 16.1. The molecule has 118 valence electrons. The SMILES string of the molecule is CC12CC(CCN=C=O)C(C1)CC2(CCCN=C=O)N=C=O. The lowest BCUT2D eigenvalue weighted by Gasteiger charge is -2.43. The molecular weight excluding hydrogens is 282 g/mol. The second-order valence-electron chi connectivity index (χ2n) is 6.77. The largest absolute Gasteiger partial charge is 0.235 e. The summed E-state index contributed by atoms with van der Waals surface area (Å²) >= 11 is 0. The third-order valence-corrected chi connectivity index (χ3v) is 5.68. The molecule has 0 aromatic heterocycles. The van der Waals surface area contributed by atoms with Crippen LogP contribution in [0.3, 0.4) is 0 Å². The summed E-state index contributed by atoms with van der Waals surface area (Å²) in [6.07, 6.45) is 10.2. The maximum absolute atomic E-state index is 10.9. The highest BCUT2D eigenvalue weighted by atomic mass is 16.1. The van der Waals surface area contributed by atoms with E-state index in [1.807, 2.05) is 0 Å². The lowest BCUT2D eigenvalue weighted by molar-refractivity contribution is 0.121. The van der Waals surface area contributed by atoms with Crippen molar-refractivity contribution in [2.75, 3.05) is 13.1 Å². The maximum atomic E-state index is 10.9. The number of carbonyl (C=O) groups excluding carboxylic acids is 3. The average Bonchev–Trinajstić information content (AvgIpc) is 2.95. The molecule has 0 radical (unpaired) electrons. The van der Waals surface area contributed by atoms with Gasteiger partial charge in [0, 0.05) is 0 Å². The van der Waals surface area contributed by atoms with Crippen LogP contribution in [0.2, 0.25) is 0 Å². The predicted octanol–water partition coefficient (Wildman–Crippen LogP) is 2.34. The Hall–Kier alpha value is -1.86. The standard InChI is InChI=1S/C16H21N3O3/c1-15-7-13(3-6-18-11-21)14(8-15)9-16(15,19-12-22)4-2-5-17-10-20/h13-14H,2-9H2,1H3. The van der Waals surface area contributed by atoms with Crippen molar-refractivity contribution in [2.24, 2.45) is 32.2 Å². The van der Waals surface area contributed by atoms with Gasteiger partial charge in [0.1, 0.15) is 0 Å². The fourth-order valence-corrected chi connectivity index (χ4v) is 4.71. The second-order valence-corrected chi connectivity index (χ2v) is 6.77. The molecule has 22 heavy (non-hydrogen) atoms. The Bertz CT molecular complexity index is 559. The van der Waals surface area contributed by atoms with Crippen LogP contribution in [0.25, 0.3) is 0 Å². The third kappa shape index (κ3) is 3.00. The van der Waals surface area contributed by atoms with Gasteiger partial charge in [0.25, 0.3) is 0 Å². The van der Waals surface area contributed by atoms with Crippen LogP contribution < -0.4 is 0 Å². The van der Waals surface area contributed by atoms with Crippen LogP contribution >= 0.6 is 0 Å². The van der Waals surface area contributed by atoms with Crippen molar-refractivity contribution in [3.8, 4) is 0 Å². The van der Waals surface area contributed by atoms with Crippen molar-refractivity contribution in [1.82, 2.24) is 0 Å². The quantitative estimate of drug-likeness (QED) is 0.391. The molecule has 2 aliphatic carbocycles. The fourth-order valence-electron chi connectivity index (χ4n) is 4.71. The van der Waals surface area contributed by atoms with Gasteiger partial charge in [0.05, 0.1) is 18.6 Å². The third-order valence-electron chi connectivity index (χ3n) is 5.68. The lowest BCUT2D eigenvalue weighted by Crippen LogP contribution is -2.43. The van der Waals surface area contributed by atoms with Crippen LogP contribution in [0.4, 0.5) is 0 Å². The minimum absolute atomic E-state index is 0.0183. The second kappa shape index (κ2) is 6.93. The van der Waals surface area contributed by atoms with Gasteiger partial charge in [-0.1, -0.05) is 6.92 Å². The number of rotatable bonds is 8. The molecule has 0 saturated heterocycles. The van der Waals surface area contributed by atoms with Gasteiger partial charge in [-0.2, -0.15) is 4.99 Å². The molecule has 2 fully saturated rings.